The Morgan fingerprint density at radius 3 is 2.30 bits per heavy atom. The van der Waals surface area contributed by atoms with Crippen LogP contribution < -0.4 is 15.6 Å². The number of anilines is 1. The maximum absolute atomic E-state index is 12.2. The largest absolute Gasteiger partial charge is 0.427 e. The summed E-state index contributed by atoms with van der Waals surface area (Å²) in [7, 11) is -2.49. The minimum atomic E-state index is -2.49. The molecule has 0 spiro atoms. The first-order chi connectivity index (χ1) is 21.7. The Balaban J connectivity index is 0.00000139. The lowest BCUT2D eigenvalue weighted by atomic mass is 9.69. The summed E-state index contributed by atoms with van der Waals surface area (Å²) in [5.41, 5.74) is 10.7. The number of amides is 1. The van der Waals surface area contributed by atoms with Crippen molar-refractivity contribution in [2.45, 2.75) is 98.6 Å². The minimum Gasteiger partial charge on any atom is -0.427 e. The average molecular weight is 650 g/mol. The van der Waals surface area contributed by atoms with Crippen LogP contribution in [0.15, 0.2) is 62.2 Å². The Hall–Kier alpha value is -3.78. The Kier molecular flexibility index (Phi) is 13.9. The molecule has 9 nitrogen and oxygen atoms in total. The molecule has 0 fully saturated rings. The van der Waals surface area contributed by atoms with Gasteiger partial charge in [-0.15, -0.1) is 13.2 Å². The number of unbranched alkanes of at least 4 members (excludes halogenated alkanes) is 1. The van der Waals surface area contributed by atoms with Gasteiger partial charge in [0.15, 0.2) is 5.82 Å². The predicted octanol–water partition coefficient (Wildman–Crippen LogP) is 8.03. The average Bonchev–Trinajstić information content (AvgIpc) is 3.36. The third-order valence-corrected chi connectivity index (χ3v) is 8.56. The maximum Gasteiger partial charge on any atom is 0.391 e. The maximum atomic E-state index is 12.2. The van der Waals surface area contributed by atoms with Gasteiger partial charge >= 0.3 is 8.60 Å². The van der Waals surface area contributed by atoms with Crippen molar-refractivity contribution in [3.05, 3.63) is 84.7 Å². The quantitative estimate of drug-likeness (QED) is 0.0734. The number of carbonyl (C=O) groups is 1. The van der Waals surface area contributed by atoms with Gasteiger partial charge < -0.3 is 29.9 Å². The van der Waals surface area contributed by atoms with Gasteiger partial charge in [0.1, 0.15) is 17.1 Å². The summed E-state index contributed by atoms with van der Waals surface area (Å²) < 4.78 is 7.36. The number of rotatable bonds is 11. The van der Waals surface area contributed by atoms with Gasteiger partial charge in [-0.3, -0.25) is 4.79 Å². The van der Waals surface area contributed by atoms with E-state index in [2.05, 4.69) is 76.4 Å². The van der Waals surface area contributed by atoms with Crippen LogP contribution in [-0.2, 0) is 23.2 Å². The van der Waals surface area contributed by atoms with Crippen LogP contribution in [0.1, 0.15) is 90.2 Å². The van der Waals surface area contributed by atoms with Crippen LogP contribution in [0.3, 0.4) is 0 Å². The number of hydrogen-bond acceptors (Lipinski definition) is 7. The van der Waals surface area contributed by atoms with E-state index < -0.39 is 19.6 Å². The van der Waals surface area contributed by atoms with E-state index in [0.717, 1.165) is 58.2 Å². The molecule has 4 rings (SSSR count). The highest BCUT2D eigenvalue weighted by molar-refractivity contribution is 7.39. The van der Waals surface area contributed by atoms with E-state index in [4.69, 9.17) is 20.2 Å². The summed E-state index contributed by atoms with van der Waals surface area (Å²) in [6, 6.07) is 11.9. The highest BCUT2D eigenvalue weighted by Crippen LogP contribution is 2.38. The molecule has 0 unspecified atom stereocenters. The number of benzene rings is 2. The first kappa shape index (κ1) is 38.4. The van der Waals surface area contributed by atoms with Crippen LogP contribution in [-0.4, -0.2) is 35.8 Å². The Labute approximate surface area is 275 Å². The zero-order valence-corrected chi connectivity index (χ0v) is 29.7. The summed E-state index contributed by atoms with van der Waals surface area (Å²) in [4.78, 5) is 40.5. The Morgan fingerprint density at radius 1 is 1.09 bits per heavy atom. The fraction of sp³-hybridized carbons (Fsp3) is 0.417. The summed E-state index contributed by atoms with van der Waals surface area (Å²) >= 11 is 0. The Bertz CT molecular complexity index is 1640. The van der Waals surface area contributed by atoms with Gasteiger partial charge in [-0.1, -0.05) is 78.3 Å². The van der Waals surface area contributed by atoms with Crippen LogP contribution in [0.25, 0.3) is 21.9 Å². The molecular weight excluding hydrogens is 597 g/mol. The van der Waals surface area contributed by atoms with E-state index in [1.165, 1.54) is 12.5 Å². The second kappa shape index (κ2) is 16.7. The highest BCUT2D eigenvalue weighted by atomic mass is 31.2. The topological polar surface area (TPSA) is 136 Å². The number of nitrogens with one attached hydrogen (secondary N) is 1. The van der Waals surface area contributed by atoms with Crippen molar-refractivity contribution in [3.8, 4) is 5.75 Å². The van der Waals surface area contributed by atoms with Crippen molar-refractivity contribution in [2.24, 2.45) is 0 Å². The highest BCUT2D eigenvalue weighted by Gasteiger charge is 2.39. The van der Waals surface area contributed by atoms with Gasteiger partial charge in [-0.2, -0.15) is 0 Å². The third-order valence-electron chi connectivity index (χ3n) is 8.20. The molecule has 0 saturated heterocycles. The van der Waals surface area contributed by atoms with E-state index in [-0.39, 0.29) is 5.91 Å². The van der Waals surface area contributed by atoms with Crippen LogP contribution in [0, 0.1) is 6.92 Å². The fourth-order valence-electron chi connectivity index (χ4n) is 5.10. The Morgan fingerprint density at radius 2 is 1.74 bits per heavy atom. The summed E-state index contributed by atoms with van der Waals surface area (Å²) in [5.74, 6) is 1.53. The SMILES string of the molecule is C=C.C=CC(=O)NC(C)(C)C(C)(C)c1ccc2c(c1)nc(N)c1nc(CCCC)n(Cc3ccc(OP(O)O)c(C)c3)c12.CCC. The molecule has 0 aliphatic carbocycles. The number of nitrogens with zero attached hydrogens (tertiary/aromatic N) is 3. The number of aromatic nitrogens is 3. The van der Waals surface area contributed by atoms with Crippen molar-refractivity contribution in [2.75, 3.05) is 5.73 Å². The van der Waals surface area contributed by atoms with Crippen molar-refractivity contribution in [1.82, 2.24) is 19.9 Å². The van der Waals surface area contributed by atoms with Crippen molar-refractivity contribution < 1.29 is 19.1 Å². The van der Waals surface area contributed by atoms with Crippen LogP contribution in [0.5, 0.6) is 5.75 Å². The first-order valence-electron chi connectivity index (χ1n) is 15.7. The minimum absolute atomic E-state index is 0.222. The number of nitrogen functional groups attached to an aromatic ring is 1. The van der Waals surface area contributed by atoms with E-state index in [9.17, 15) is 14.6 Å². The smallest absolute Gasteiger partial charge is 0.391 e. The molecule has 0 aliphatic heterocycles. The zero-order chi connectivity index (χ0) is 34.8. The first-order valence-corrected chi connectivity index (χ1v) is 16.9. The number of carbonyl (C=O) groups excluding carboxylic acids is 1. The second-order valence-corrected chi connectivity index (χ2v) is 12.9. The lowest BCUT2D eigenvalue weighted by Crippen LogP contribution is -2.55. The van der Waals surface area contributed by atoms with Crippen LogP contribution in [0.2, 0.25) is 0 Å². The lowest BCUT2D eigenvalue weighted by Gasteiger charge is -2.42. The van der Waals surface area contributed by atoms with E-state index in [1.54, 1.807) is 6.07 Å². The number of fused-ring (bicyclic) bond motifs is 3. The van der Waals surface area contributed by atoms with Crippen molar-refractivity contribution in [3.63, 3.8) is 0 Å². The van der Waals surface area contributed by atoms with Gasteiger partial charge in [0.05, 0.1) is 11.0 Å². The molecular formula is C36H52N5O4P. The number of imidazole rings is 1. The van der Waals surface area contributed by atoms with Gasteiger partial charge in [-0.05, 0) is 62.1 Å². The molecule has 0 atom stereocenters. The fourth-order valence-corrected chi connectivity index (χ4v) is 5.48. The molecule has 46 heavy (non-hydrogen) atoms. The van der Waals surface area contributed by atoms with Gasteiger partial charge in [0.25, 0.3) is 0 Å². The normalized spacial score (nSPS) is 11.5. The number of nitrogens with two attached hydrogens (primary N) is 1. The summed E-state index contributed by atoms with van der Waals surface area (Å²) in [6.07, 6.45) is 5.35. The van der Waals surface area contributed by atoms with E-state index in [0.29, 0.717) is 23.6 Å². The number of pyridine rings is 1. The van der Waals surface area contributed by atoms with Crippen molar-refractivity contribution in [1.29, 1.82) is 0 Å². The molecule has 0 aliphatic rings. The second-order valence-electron chi connectivity index (χ2n) is 12.2. The molecule has 0 saturated carbocycles. The molecule has 2 aromatic heterocycles. The van der Waals surface area contributed by atoms with Crippen LogP contribution >= 0.6 is 8.60 Å². The molecule has 2 heterocycles. The molecule has 4 aromatic rings. The van der Waals surface area contributed by atoms with Gasteiger partial charge in [0, 0.05) is 29.3 Å². The molecule has 10 heteroatoms. The van der Waals surface area contributed by atoms with Gasteiger partial charge in [0.2, 0.25) is 5.91 Å². The van der Waals surface area contributed by atoms with E-state index in [1.807, 2.05) is 39.0 Å². The molecule has 1 amide bonds. The lowest BCUT2D eigenvalue weighted by molar-refractivity contribution is -0.118. The molecule has 250 valence electrons. The monoisotopic (exact) mass is 649 g/mol. The zero-order valence-electron chi connectivity index (χ0n) is 28.8. The molecule has 0 bridgehead atoms. The molecule has 5 N–H and O–H groups in total. The van der Waals surface area contributed by atoms with Crippen LogP contribution in [0.4, 0.5) is 5.82 Å². The van der Waals surface area contributed by atoms with Gasteiger partial charge in [-0.25, -0.2) is 9.97 Å². The summed E-state index contributed by atoms with van der Waals surface area (Å²) in [6.45, 7) is 26.6. The predicted molar refractivity (Wildman–Crippen MR) is 193 cm³/mol. The third kappa shape index (κ3) is 8.72. The number of aryl methyl sites for hydroxylation is 2. The van der Waals surface area contributed by atoms with Crippen molar-refractivity contribution >= 4 is 42.3 Å². The molecule has 2 aromatic carbocycles. The van der Waals surface area contributed by atoms with E-state index >= 15 is 0 Å². The number of hydrogen-bond donors (Lipinski definition) is 4. The molecule has 0 radical (unpaired) electrons. The summed E-state index contributed by atoms with van der Waals surface area (Å²) in [5, 5.41) is 4.00. The standard InChI is InChI=1S/C31H40N5O4P.C3H8.C2H4/c1-8-10-11-25-34-27-28(36(25)18-20-12-15-24(19(3)16-20)40-41(38)39)22-14-13-21(17-23(22)33-29(27)32)30(4,5)31(6,7)35-26(37)9-2;1-3-2;1-2/h9,12-17,38-39H,2,8,10-11,18H2,1,3-7H3,(H2,32,33)(H,35,37);3H2,1-2H3;1-2H2.